The molecule has 5 nitrogen and oxygen atoms in total. The average molecular weight is 260 g/mol. The number of hydrogen-bond donors (Lipinski definition) is 2. The van der Waals surface area contributed by atoms with Crippen molar-refractivity contribution in [1.82, 2.24) is 5.32 Å². The van der Waals surface area contributed by atoms with Crippen LogP contribution in [0.5, 0.6) is 0 Å². The normalized spacial score (nSPS) is 14.8. The molecule has 0 saturated heterocycles. The van der Waals surface area contributed by atoms with Crippen molar-refractivity contribution < 1.29 is 14.4 Å². The lowest BCUT2D eigenvalue weighted by Gasteiger charge is -2.12. The van der Waals surface area contributed by atoms with Crippen LogP contribution in [0.15, 0.2) is 18.2 Å². The van der Waals surface area contributed by atoms with Gasteiger partial charge < -0.3 is 5.32 Å². The summed E-state index contributed by atoms with van der Waals surface area (Å²) in [6, 6.07) is 4.85. The second-order valence-corrected chi connectivity index (χ2v) is 4.69. The van der Waals surface area contributed by atoms with Crippen molar-refractivity contribution in [3.05, 3.63) is 29.3 Å². The molecule has 1 aliphatic heterocycles. The van der Waals surface area contributed by atoms with Crippen molar-refractivity contribution >= 4 is 23.4 Å². The molecule has 0 aromatic heterocycles. The van der Waals surface area contributed by atoms with E-state index in [0.717, 1.165) is 12.8 Å². The van der Waals surface area contributed by atoms with Gasteiger partial charge in [0.2, 0.25) is 5.91 Å². The number of rotatable bonds is 4. The van der Waals surface area contributed by atoms with Crippen molar-refractivity contribution in [2.75, 3.05) is 5.32 Å². The molecule has 2 N–H and O–H groups in total. The molecule has 1 atom stereocenters. The molecule has 0 saturated carbocycles. The third kappa shape index (κ3) is 2.50. The van der Waals surface area contributed by atoms with Gasteiger partial charge in [0, 0.05) is 5.92 Å². The first-order valence-corrected chi connectivity index (χ1v) is 6.34. The van der Waals surface area contributed by atoms with E-state index in [4.69, 9.17) is 0 Å². The molecule has 2 rings (SSSR count). The second-order valence-electron chi connectivity index (χ2n) is 4.69. The summed E-state index contributed by atoms with van der Waals surface area (Å²) in [5.74, 6) is -1.14. The highest BCUT2D eigenvalue weighted by atomic mass is 16.2. The van der Waals surface area contributed by atoms with Crippen LogP contribution in [0, 0.1) is 5.92 Å². The lowest BCUT2D eigenvalue weighted by atomic mass is 10.0. The Morgan fingerprint density at radius 2 is 2.05 bits per heavy atom. The molecule has 0 spiro atoms. The van der Waals surface area contributed by atoms with Gasteiger partial charge in [0.25, 0.3) is 11.8 Å². The van der Waals surface area contributed by atoms with Gasteiger partial charge in [-0.15, -0.1) is 0 Å². The molecular weight excluding hydrogens is 244 g/mol. The fourth-order valence-corrected chi connectivity index (χ4v) is 2.14. The quantitative estimate of drug-likeness (QED) is 0.812. The average Bonchev–Trinajstić information content (AvgIpc) is 2.66. The molecule has 1 aromatic carbocycles. The van der Waals surface area contributed by atoms with Crippen LogP contribution in [0.4, 0.5) is 5.69 Å². The molecule has 5 heteroatoms. The van der Waals surface area contributed by atoms with E-state index in [1.165, 1.54) is 0 Å². The highest BCUT2D eigenvalue weighted by Crippen LogP contribution is 2.25. The van der Waals surface area contributed by atoms with Crippen molar-refractivity contribution in [3.8, 4) is 0 Å². The molecule has 0 radical (unpaired) electrons. The van der Waals surface area contributed by atoms with E-state index in [1.807, 2.05) is 13.8 Å². The third-order valence-electron chi connectivity index (χ3n) is 3.19. The zero-order valence-electron chi connectivity index (χ0n) is 10.9. The minimum Gasteiger partial charge on any atom is -0.325 e. The minimum atomic E-state index is -0.459. The highest BCUT2D eigenvalue weighted by Gasteiger charge is 2.30. The first-order valence-electron chi connectivity index (χ1n) is 6.34. The zero-order chi connectivity index (χ0) is 14.0. The van der Waals surface area contributed by atoms with Crippen molar-refractivity contribution in [2.24, 2.45) is 5.92 Å². The SMILES string of the molecule is CCC[C@@H](C)C(=O)Nc1cccc2c1C(=O)NC2=O. The Balaban J connectivity index is 2.26. The first kappa shape index (κ1) is 13.3. The third-order valence-corrected chi connectivity index (χ3v) is 3.19. The summed E-state index contributed by atoms with van der Waals surface area (Å²) in [6.07, 6.45) is 1.70. The Hall–Kier alpha value is -2.17. The van der Waals surface area contributed by atoms with Crippen LogP contribution in [0.25, 0.3) is 0 Å². The summed E-state index contributed by atoms with van der Waals surface area (Å²) < 4.78 is 0. The van der Waals surface area contributed by atoms with Gasteiger partial charge in [-0.2, -0.15) is 0 Å². The van der Waals surface area contributed by atoms with Crippen LogP contribution in [0.1, 0.15) is 47.4 Å². The molecule has 0 aliphatic carbocycles. The van der Waals surface area contributed by atoms with E-state index in [2.05, 4.69) is 10.6 Å². The van der Waals surface area contributed by atoms with Gasteiger partial charge in [-0.05, 0) is 18.6 Å². The Morgan fingerprint density at radius 1 is 1.32 bits per heavy atom. The summed E-state index contributed by atoms with van der Waals surface area (Å²) in [4.78, 5) is 35.2. The number of imide groups is 1. The Morgan fingerprint density at radius 3 is 2.74 bits per heavy atom. The highest BCUT2D eigenvalue weighted by molar-refractivity contribution is 6.24. The van der Waals surface area contributed by atoms with E-state index in [1.54, 1.807) is 18.2 Å². The van der Waals surface area contributed by atoms with E-state index in [9.17, 15) is 14.4 Å². The van der Waals surface area contributed by atoms with Crippen LogP contribution >= 0.6 is 0 Å². The largest absolute Gasteiger partial charge is 0.325 e. The monoisotopic (exact) mass is 260 g/mol. The van der Waals surface area contributed by atoms with E-state index in [-0.39, 0.29) is 17.4 Å². The zero-order valence-corrected chi connectivity index (χ0v) is 10.9. The van der Waals surface area contributed by atoms with Crippen LogP contribution in [0.2, 0.25) is 0 Å². The Kier molecular flexibility index (Phi) is 3.64. The second kappa shape index (κ2) is 5.22. The van der Waals surface area contributed by atoms with Crippen molar-refractivity contribution in [1.29, 1.82) is 0 Å². The standard InChI is InChI=1S/C14H16N2O3/c1-3-5-8(2)12(17)15-10-7-4-6-9-11(10)14(19)16-13(9)18/h4,6-8H,3,5H2,1-2H3,(H,15,17)(H,16,18,19)/t8-/m1/s1. The maximum Gasteiger partial charge on any atom is 0.261 e. The fourth-order valence-electron chi connectivity index (χ4n) is 2.14. The molecule has 3 amide bonds. The van der Waals surface area contributed by atoms with Gasteiger partial charge >= 0.3 is 0 Å². The predicted molar refractivity (Wildman–Crippen MR) is 70.9 cm³/mol. The van der Waals surface area contributed by atoms with Crippen molar-refractivity contribution in [3.63, 3.8) is 0 Å². The summed E-state index contributed by atoms with van der Waals surface area (Å²) in [7, 11) is 0. The van der Waals surface area contributed by atoms with E-state index < -0.39 is 11.8 Å². The molecule has 1 heterocycles. The first-order chi connectivity index (χ1) is 9.04. The van der Waals surface area contributed by atoms with E-state index >= 15 is 0 Å². The smallest absolute Gasteiger partial charge is 0.261 e. The Bertz CT molecular complexity index is 552. The molecule has 0 fully saturated rings. The number of hydrogen-bond acceptors (Lipinski definition) is 3. The number of benzene rings is 1. The number of nitrogens with one attached hydrogen (secondary N) is 2. The lowest BCUT2D eigenvalue weighted by molar-refractivity contribution is -0.119. The number of amides is 3. The molecule has 1 aliphatic rings. The molecule has 1 aromatic rings. The van der Waals surface area contributed by atoms with Crippen LogP contribution < -0.4 is 10.6 Å². The van der Waals surface area contributed by atoms with Crippen LogP contribution in [-0.4, -0.2) is 17.7 Å². The van der Waals surface area contributed by atoms with Crippen LogP contribution in [-0.2, 0) is 4.79 Å². The molecule has 100 valence electrons. The van der Waals surface area contributed by atoms with Crippen LogP contribution in [0.3, 0.4) is 0 Å². The summed E-state index contributed by atoms with van der Waals surface area (Å²) in [6.45, 7) is 3.85. The van der Waals surface area contributed by atoms with Gasteiger partial charge in [-0.3, -0.25) is 19.7 Å². The lowest BCUT2D eigenvalue weighted by Crippen LogP contribution is -2.23. The maximum atomic E-state index is 12.0. The van der Waals surface area contributed by atoms with Gasteiger partial charge in [0.1, 0.15) is 0 Å². The number of carbonyl (C=O) groups excluding carboxylic acids is 3. The maximum absolute atomic E-state index is 12.0. The van der Waals surface area contributed by atoms with Gasteiger partial charge in [0.15, 0.2) is 0 Å². The summed E-state index contributed by atoms with van der Waals surface area (Å²) >= 11 is 0. The molecule has 0 bridgehead atoms. The van der Waals surface area contributed by atoms with Crippen molar-refractivity contribution in [2.45, 2.75) is 26.7 Å². The predicted octanol–water partition coefficient (Wildman–Crippen LogP) is 1.94. The fraction of sp³-hybridized carbons (Fsp3) is 0.357. The topological polar surface area (TPSA) is 75.3 Å². The van der Waals surface area contributed by atoms with E-state index in [0.29, 0.717) is 11.3 Å². The minimum absolute atomic E-state index is 0.124. The number of fused-ring (bicyclic) bond motifs is 1. The van der Waals surface area contributed by atoms with Gasteiger partial charge in [-0.25, -0.2) is 0 Å². The number of anilines is 1. The summed E-state index contributed by atoms with van der Waals surface area (Å²) in [5, 5.41) is 4.95. The molecule has 19 heavy (non-hydrogen) atoms. The Labute approximate surface area is 111 Å². The number of carbonyl (C=O) groups is 3. The molecular formula is C14H16N2O3. The van der Waals surface area contributed by atoms with Gasteiger partial charge in [-0.1, -0.05) is 26.3 Å². The molecule has 0 unspecified atom stereocenters. The summed E-state index contributed by atoms with van der Waals surface area (Å²) in [5.41, 5.74) is 0.962. The van der Waals surface area contributed by atoms with Gasteiger partial charge in [0.05, 0.1) is 16.8 Å².